The van der Waals surface area contributed by atoms with Gasteiger partial charge in [0.2, 0.25) is 0 Å². The van der Waals surface area contributed by atoms with Gasteiger partial charge in [0.05, 0.1) is 51.0 Å². The number of ketones is 1. The number of methoxy groups -OCH3 is 2. The Labute approximate surface area is 297 Å². The van der Waals surface area contributed by atoms with E-state index in [1.165, 1.54) is 50.6 Å². The molecule has 52 heavy (non-hydrogen) atoms. The summed E-state index contributed by atoms with van der Waals surface area (Å²) in [5.74, 6) is -1.38. The number of carbonyl (C=O) groups excluding carboxylic acids is 1. The fourth-order valence-electron chi connectivity index (χ4n) is 5.65. The second-order valence-corrected chi connectivity index (χ2v) is 11.7. The fraction of sp³-hybridized carbons (Fsp3) is 0.282. The summed E-state index contributed by atoms with van der Waals surface area (Å²) in [5.41, 5.74) is 6.88. The molecule has 5 rings (SSSR count). The number of alkyl halides is 3. The lowest BCUT2D eigenvalue weighted by atomic mass is 10.0. The molecule has 1 aromatic heterocycles. The molecule has 0 radical (unpaired) electrons. The normalized spacial score (nSPS) is 11.5. The van der Waals surface area contributed by atoms with Crippen molar-refractivity contribution in [3.63, 3.8) is 0 Å². The maximum absolute atomic E-state index is 15.2. The average molecular weight is 724 g/mol. The van der Waals surface area contributed by atoms with Crippen LogP contribution < -0.4 is 15.2 Å². The van der Waals surface area contributed by atoms with Crippen molar-refractivity contribution in [2.75, 3.05) is 47.2 Å². The standard InChI is InChI=1S/C39H38F5N3O5/c1-49-34-14-12-27(22-31(34)40)36-37(28-13-15-35(50-2)32(41)23-28)47(38(46-36)29-5-3-6-30(21-29)39(42,43)44)24-25-8-10-26(11-9-25)33(48)7-4-17-51-19-20-52-18-16-45/h3,5-6,8-15,21-23H,4,7,16-20,24,45H2,1-2H3. The number of Topliss-reactive ketones (excluding diaryl/α,β-unsaturated/α-hetero) is 1. The Morgan fingerprint density at radius 1 is 0.769 bits per heavy atom. The third kappa shape index (κ3) is 9.21. The Kier molecular flexibility index (Phi) is 12.8. The van der Waals surface area contributed by atoms with E-state index >= 15 is 8.78 Å². The summed E-state index contributed by atoms with van der Waals surface area (Å²) in [6, 6.07) is 19.9. The van der Waals surface area contributed by atoms with Crippen LogP contribution >= 0.6 is 0 Å². The third-order valence-electron chi connectivity index (χ3n) is 8.21. The van der Waals surface area contributed by atoms with Crippen LogP contribution in [0.25, 0.3) is 33.9 Å². The van der Waals surface area contributed by atoms with Crippen LogP contribution in [0.5, 0.6) is 11.5 Å². The fourth-order valence-corrected chi connectivity index (χ4v) is 5.65. The summed E-state index contributed by atoms with van der Waals surface area (Å²) < 4.78 is 94.5. The smallest absolute Gasteiger partial charge is 0.416 e. The van der Waals surface area contributed by atoms with E-state index in [0.717, 1.165) is 12.1 Å². The van der Waals surface area contributed by atoms with Gasteiger partial charge in [-0.25, -0.2) is 13.8 Å². The van der Waals surface area contributed by atoms with Crippen LogP contribution in [0.15, 0.2) is 84.9 Å². The van der Waals surface area contributed by atoms with Gasteiger partial charge in [0, 0.05) is 48.4 Å². The molecule has 0 unspecified atom stereocenters. The van der Waals surface area contributed by atoms with Crippen molar-refractivity contribution < 1.29 is 45.7 Å². The minimum absolute atomic E-state index is 0.0200. The lowest BCUT2D eigenvalue weighted by Gasteiger charge is -2.16. The molecule has 1 heterocycles. The molecule has 0 aliphatic rings. The number of halogens is 5. The molecule has 2 N–H and O–H groups in total. The number of nitrogens with zero attached hydrogens (tertiary/aromatic N) is 2. The Morgan fingerprint density at radius 2 is 1.40 bits per heavy atom. The SMILES string of the molecule is COc1ccc(-c2nc(-c3cccc(C(F)(F)F)c3)n(Cc3ccc(C(=O)CCCOCCOCCN)cc3)c2-c2ccc(OC)c(F)c2)cc1F. The first kappa shape index (κ1) is 38.1. The Morgan fingerprint density at radius 3 is 2.02 bits per heavy atom. The second-order valence-electron chi connectivity index (χ2n) is 11.7. The number of hydrogen-bond acceptors (Lipinski definition) is 7. The highest BCUT2D eigenvalue weighted by Gasteiger charge is 2.31. The Bertz CT molecular complexity index is 1980. The van der Waals surface area contributed by atoms with Gasteiger partial charge in [-0.3, -0.25) is 4.79 Å². The lowest BCUT2D eigenvalue weighted by Crippen LogP contribution is -2.12. The lowest BCUT2D eigenvalue weighted by molar-refractivity contribution is -0.137. The van der Waals surface area contributed by atoms with Crippen molar-refractivity contribution >= 4 is 5.78 Å². The first-order valence-corrected chi connectivity index (χ1v) is 16.5. The number of benzene rings is 4. The molecular weight excluding hydrogens is 685 g/mol. The van der Waals surface area contributed by atoms with Crippen molar-refractivity contribution in [3.8, 4) is 45.4 Å². The molecule has 0 saturated heterocycles. The van der Waals surface area contributed by atoms with Gasteiger partial charge in [-0.05, 0) is 60.5 Å². The Hall–Kier alpha value is -5.11. The number of hydrogen-bond donors (Lipinski definition) is 1. The number of carbonyl (C=O) groups is 1. The molecular formula is C39H38F5N3O5. The van der Waals surface area contributed by atoms with E-state index in [4.69, 9.17) is 29.7 Å². The first-order chi connectivity index (χ1) is 25.0. The monoisotopic (exact) mass is 723 g/mol. The molecule has 0 bridgehead atoms. The summed E-state index contributed by atoms with van der Waals surface area (Å²) >= 11 is 0. The predicted molar refractivity (Wildman–Crippen MR) is 186 cm³/mol. The van der Waals surface area contributed by atoms with Crippen LogP contribution in [0, 0.1) is 11.6 Å². The number of ether oxygens (including phenoxy) is 4. The minimum Gasteiger partial charge on any atom is -0.494 e. The summed E-state index contributed by atoms with van der Waals surface area (Å²) in [7, 11) is 2.64. The van der Waals surface area contributed by atoms with Crippen molar-refractivity contribution in [1.29, 1.82) is 0 Å². The van der Waals surface area contributed by atoms with E-state index in [-0.39, 0.29) is 52.9 Å². The zero-order valence-electron chi connectivity index (χ0n) is 28.6. The van der Waals surface area contributed by atoms with Crippen molar-refractivity contribution in [2.45, 2.75) is 25.6 Å². The molecule has 0 amide bonds. The quantitative estimate of drug-likeness (QED) is 0.0587. The maximum atomic E-state index is 15.2. The Balaban J connectivity index is 1.55. The molecule has 0 aliphatic heterocycles. The van der Waals surface area contributed by atoms with Gasteiger partial charge in [-0.1, -0.05) is 36.4 Å². The van der Waals surface area contributed by atoms with Gasteiger partial charge in [0.1, 0.15) is 5.82 Å². The number of nitrogens with two attached hydrogens (primary N) is 1. The average Bonchev–Trinajstić information content (AvgIpc) is 3.51. The molecule has 4 aromatic carbocycles. The third-order valence-corrected chi connectivity index (χ3v) is 8.21. The summed E-state index contributed by atoms with van der Waals surface area (Å²) in [6.45, 7) is 2.16. The first-order valence-electron chi connectivity index (χ1n) is 16.5. The van der Waals surface area contributed by atoms with Crippen LogP contribution in [0.3, 0.4) is 0 Å². The maximum Gasteiger partial charge on any atom is 0.416 e. The molecule has 0 saturated carbocycles. The van der Waals surface area contributed by atoms with E-state index in [9.17, 15) is 18.0 Å². The molecule has 0 atom stereocenters. The predicted octanol–water partition coefficient (Wildman–Crippen LogP) is 8.20. The summed E-state index contributed by atoms with van der Waals surface area (Å²) in [5, 5.41) is 0. The van der Waals surface area contributed by atoms with Crippen molar-refractivity contribution in [1.82, 2.24) is 9.55 Å². The highest BCUT2D eigenvalue weighted by Crippen LogP contribution is 2.40. The van der Waals surface area contributed by atoms with Crippen LogP contribution in [0.2, 0.25) is 0 Å². The summed E-state index contributed by atoms with van der Waals surface area (Å²) in [6.07, 6.45) is -3.85. The van der Waals surface area contributed by atoms with Gasteiger partial charge >= 0.3 is 6.18 Å². The van der Waals surface area contributed by atoms with Crippen molar-refractivity contribution in [2.24, 2.45) is 5.73 Å². The zero-order valence-corrected chi connectivity index (χ0v) is 28.6. The van der Waals surface area contributed by atoms with E-state index in [0.29, 0.717) is 61.8 Å². The van der Waals surface area contributed by atoms with E-state index in [2.05, 4.69) is 0 Å². The second kappa shape index (κ2) is 17.4. The highest BCUT2D eigenvalue weighted by atomic mass is 19.4. The molecule has 5 aromatic rings. The molecule has 8 nitrogen and oxygen atoms in total. The topological polar surface area (TPSA) is 97.8 Å². The molecule has 13 heteroatoms. The van der Waals surface area contributed by atoms with Crippen LogP contribution in [-0.2, 0) is 22.2 Å². The van der Waals surface area contributed by atoms with Gasteiger partial charge < -0.3 is 29.2 Å². The molecule has 0 spiro atoms. The number of rotatable bonds is 17. The van der Waals surface area contributed by atoms with E-state index in [1.54, 1.807) is 41.0 Å². The zero-order chi connectivity index (χ0) is 37.3. The molecule has 0 aliphatic carbocycles. The summed E-state index contributed by atoms with van der Waals surface area (Å²) in [4.78, 5) is 17.7. The largest absolute Gasteiger partial charge is 0.494 e. The number of aromatic nitrogens is 2. The van der Waals surface area contributed by atoms with E-state index < -0.39 is 23.4 Å². The van der Waals surface area contributed by atoms with Crippen LogP contribution in [-0.4, -0.2) is 62.5 Å². The van der Waals surface area contributed by atoms with Gasteiger partial charge in [0.25, 0.3) is 0 Å². The van der Waals surface area contributed by atoms with Gasteiger partial charge in [-0.15, -0.1) is 0 Å². The van der Waals surface area contributed by atoms with Crippen molar-refractivity contribution in [3.05, 3.63) is 113 Å². The molecule has 274 valence electrons. The highest BCUT2D eigenvalue weighted by molar-refractivity contribution is 5.96. The van der Waals surface area contributed by atoms with Gasteiger partial charge in [0.15, 0.2) is 28.9 Å². The minimum atomic E-state index is -4.63. The number of imidazole rings is 1. The molecule has 0 fully saturated rings. The van der Waals surface area contributed by atoms with E-state index in [1.807, 2.05) is 0 Å². The van der Waals surface area contributed by atoms with Gasteiger partial charge in [-0.2, -0.15) is 13.2 Å². The van der Waals surface area contributed by atoms with Crippen LogP contribution in [0.1, 0.15) is 34.3 Å². The van der Waals surface area contributed by atoms with Crippen LogP contribution in [0.4, 0.5) is 22.0 Å².